The summed E-state index contributed by atoms with van der Waals surface area (Å²) >= 11 is 0. The molecule has 0 unspecified atom stereocenters. The third-order valence-electron chi connectivity index (χ3n) is 3.43. The molecule has 100 valence electrons. The third kappa shape index (κ3) is 4.49. The number of benzene rings is 1. The fourth-order valence-electron chi connectivity index (χ4n) is 2.30. The quantitative estimate of drug-likeness (QED) is 0.786. The summed E-state index contributed by atoms with van der Waals surface area (Å²) < 4.78 is 0. The highest BCUT2D eigenvalue weighted by atomic mass is 15.1. The Bertz CT molecular complexity index is 467. The summed E-state index contributed by atoms with van der Waals surface area (Å²) in [5.74, 6) is 0.565. The Labute approximate surface area is 116 Å². The van der Waals surface area contributed by atoms with Crippen LogP contribution in [0.15, 0.2) is 54.7 Å². The van der Waals surface area contributed by atoms with Gasteiger partial charge in [0.25, 0.3) is 0 Å². The van der Waals surface area contributed by atoms with Gasteiger partial charge in [-0.25, -0.2) is 0 Å². The molecular weight excluding hydrogens is 232 g/mol. The van der Waals surface area contributed by atoms with Crippen molar-refractivity contribution in [3.8, 4) is 0 Å². The van der Waals surface area contributed by atoms with Crippen LogP contribution in [0, 0.1) is 0 Å². The van der Waals surface area contributed by atoms with Crippen molar-refractivity contribution < 1.29 is 0 Å². The van der Waals surface area contributed by atoms with Crippen LogP contribution in [0.5, 0.6) is 0 Å². The Morgan fingerprint density at radius 1 is 1.05 bits per heavy atom. The Kier molecular flexibility index (Phi) is 5.10. The van der Waals surface area contributed by atoms with Gasteiger partial charge in [-0.3, -0.25) is 4.98 Å². The summed E-state index contributed by atoms with van der Waals surface area (Å²) in [6.45, 7) is 4.41. The van der Waals surface area contributed by atoms with Gasteiger partial charge in [0.15, 0.2) is 0 Å². The minimum absolute atomic E-state index is 0.565. The van der Waals surface area contributed by atoms with E-state index in [-0.39, 0.29) is 0 Å². The second kappa shape index (κ2) is 7.05. The molecule has 0 amide bonds. The van der Waals surface area contributed by atoms with Gasteiger partial charge in [0.2, 0.25) is 0 Å². The normalized spacial score (nSPS) is 12.6. The molecule has 19 heavy (non-hydrogen) atoms. The molecule has 2 nitrogen and oxygen atoms in total. The number of pyridine rings is 1. The fourth-order valence-corrected chi connectivity index (χ4v) is 2.30. The first-order valence-corrected chi connectivity index (χ1v) is 6.89. The smallest absolute Gasteiger partial charge is 0.0416 e. The van der Waals surface area contributed by atoms with E-state index in [1.165, 1.54) is 11.3 Å². The minimum Gasteiger partial charge on any atom is -0.305 e. The monoisotopic (exact) mass is 254 g/mol. The topological polar surface area (TPSA) is 16.1 Å². The van der Waals surface area contributed by atoms with Crippen molar-refractivity contribution in [3.05, 3.63) is 66.0 Å². The molecule has 0 aliphatic rings. The van der Waals surface area contributed by atoms with Crippen LogP contribution in [0.1, 0.15) is 24.1 Å². The molecule has 0 saturated carbocycles. The van der Waals surface area contributed by atoms with Gasteiger partial charge in [0.1, 0.15) is 0 Å². The first-order chi connectivity index (χ1) is 9.25. The van der Waals surface area contributed by atoms with Crippen molar-refractivity contribution in [2.45, 2.75) is 19.3 Å². The Morgan fingerprint density at radius 3 is 2.47 bits per heavy atom. The highest BCUT2D eigenvalue weighted by Crippen LogP contribution is 2.15. The van der Waals surface area contributed by atoms with Crippen LogP contribution in [0.2, 0.25) is 0 Å². The molecule has 0 aliphatic heterocycles. The largest absolute Gasteiger partial charge is 0.305 e. The number of hydrogen-bond acceptors (Lipinski definition) is 2. The number of rotatable bonds is 6. The SMILES string of the molecule is C[C@@H](CN(C)CCc1ccccn1)c1ccccc1. The summed E-state index contributed by atoms with van der Waals surface area (Å²) in [4.78, 5) is 6.74. The van der Waals surface area contributed by atoms with Crippen molar-refractivity contribution in [1.82, 2.24) is 9.88 Å². The first kappa shape index (κ1) is 13.8. The predicted octanol–water partition coefficient (Wildman–Crippen LogP) is 3.36. The summed E-state index contributed by atoms with van der Waals surface area (Å²) in [6, 6.07) is 16.8. The van der Waals surface area contributed by atoms with Crippen molar-refractivity contribution >= 4 is 0 Å². The van der Waals surface area contributed by atoms with Crippen LogP contribution in [0.4, 0.5) is 0 Å². The summed E-state index contributed by atoms with van der Waals surface area (Å²) in [5, 5.41) is 0. The van der Waals surface area contributed by atoms with Crippen LogP contribution < -0.4 is 0 Å². The molecule has 0 aliphatic carbocycles. The van der Waals surface area contributed by atoms with Crippen LogP contribution in [0.25, 0.3) is 0 Å². The van der Waals surface area contributed by atoms with Crippen LogP contribution in [0.3, 0.4) is 0 Å². The molecule has 0 N–H and O–H groups in total. The van der Waals surface area contributed by atoms with Gasteiger partial charge in [0.05, 0.1) is 0 Å². The molecule has 2 heteroatoms. The van der Waals surface area contributed by atoms with E-state index in [4.69, 9.17) is 0 Å². The number of hydrogen-bond donors (Lipinski definition) is 0. The van der Waals surface area contributed by atoms with Gasteiger partial charge in [-0.05, 0) is 30.7 Å². The van der Waals surface area contributed by atoms with Crippen LogP contribution in [-0.2, 0) is 6.42 Å². The van der Waals surface area contributed by atoms with Gasteiger partial charge in [0, 0.05) is 31.4 Å². The molecule has 1 aromatic carbocycles. The number of likely N-dealkylation sites (N-methyl/N-ethyl adjacent to an activating group) is 1. The molecule has 0 radical (unpaired) electrons. The molecule has 1 atom stereocenters. The maximum absolute atomic E-state index is 4.36. The Hall–Kier alpha value is -1.67. The molecular formula is C17H22N2. The lowest BCUT2D eigenvalue weighted by molar-refractivity contribution is 0.320. The Balaban J connectivity index is 1.80. The van der Waals surface area contributed by atoms with Gasteiger partial charge >= 0.3 is 0 Å². The Morgan fingerprint density at radius 2 is 1.79 bits per heavy atom. The maximum Gasteiger partial charge on any atom is 0.0416 e. The maximum atomic E-state index is 4.36. The van der Waals surface area contributed by atoms with Crippen molar-refractivity contribution in [2.75, 3.05) is 20.1 Å². The van der Waals surface area contributed by atoms with Gasteiger partial charge in [-0.15, -0.1) is 0 Å². The van der Waals surface area contributed by atoms with E-state index in [0.29, 0.717) is 5.92 Å². The van der Waals surface area contributed by atoms with E-state index in [9.17, 15) is 0 Å². The summed E-state index contributed by atoms with van der Waals surface area (Å²) in [7, 11) is 2.18. The molecule has 0 spiro atoms. The van der Waals surface area contributed by atoms with E-state index in [1.54, 1.807) is 0 Å². The van der Waals surface area contributed by atoms with Crippen molar-refractivity contribution in [3.63, 3.8) is 0 Å². The highest BCUT2D eigenvalue weighted by Gasteiger charge is 2.08. The second-order valence-electron chi connectivity index (χ2n) is 5.15. The average molecular weight is 254 g/mol. The summed E-state index contributed by atoms with van der Waals surface area (Å²) in [6.07, 6.45) is 2.88. The molecule has 1 aromatic heterocycles. The van der Waals surface area contributed by atoms with E-state index in [0.717, 1.165) is 19.5 Å². The van der Waals surface area contributed by atoms with Gasteiger partial charge < -0.3 is 4.90 Å². The van der Waals surface area contributed by atoms with Crippen LogP contribution in [-0.4, -0.2) is 30.0 Å². The van der Waals surface area contributed by atoms with E-state index in [2.05, 4.69) is 66.3 Å². The van der Waals surface area contributed by atoms with E-state index in [1.807, 2.05) is 12.3 Å². The minimum atomic E-state index is 0.565. The van der Waals surface area contributed by atoms with E-state index < -0.39 is 0 Å². The summed E-state index contributed by atoms with van der Waals surface area (Å²) in [5.41, 5.74) is 2.58. The molecule has 0 fully saturated rings. The third-order valence-corrected chi connectivity index (χ3v) is 3.43. The molecule has 2 aromatic rings. The molecule has 0 bridgehead atoms. The standard InChI is InChI=1S/C17H22N2/c1-15(16-8-4-3-5-9-16)14-19(2)13-11-17-10-6-7-12-18-17/h3-10,12,15H,11,13-14H2,1-2H3/t15-/m0/s1. The highest BCUT2D eigenvalue weighted by molar-refractivity contribution is 5.19. The lowest BCUT2D eigenvalue weighted by Crippen LogP contribution is -2.26. The van der Waals surface area contributed by atoms with Crippen molar-refractivity contribution in [2.24, 2.45) is 0 Å². The van der Waals surface area contributed by atoms with Gasteiger partial charge in [-0.2, -0.15) is 0 Å². The first-order valence-electron chi connectivity index (χ1n) is 6.89. The second-order valence-corrected chi connectivity index (χ2v) is 5.15. The van der Waals surface area contributed by atoms with Crippen LogP contribution >= 0.6 is 0 Å². The zero-order chi connectivity index (χ0) is 13.5. The molecule has 0 saturated heterocycles. The average Bonchev–Trinajstić information content (AvgIpc) is 2.47. The lowest BCUT2D eigenvalue weighted by atomic mass is 10.0. The molecule has 2 rings (SSSR count). The number of nitrogens with zero attached hydrogens (tertiary/aromatic N) is 2. The van der Waals surface area contributed by atoms with E-state index >= 15 is 0 Å². The van der Waals surface area contributed by atoms with Gasteiger partial charge in [-0.1, -0.05) is 43.3 Å². The zero-order valence-electron chi connectivity index (χ0n) is 11.8. The fraction of sp³-hybridized carbons (Fsp3) is 0.353. The lowest BCUT2D eigenvalue weighted by Gasteiger charge is -2.21. The van der Waals surface area contributed by atoms with Crippen molar-refractivity contribution in [1.29, 1.82) is 0 Å². The predicted molar refractivity (Wildman–Crippen MR) is 80.3 cm³/mol. The molecule has 1 heterocycles. The zero-order valence-corrected chi connectivity index (χ0v) is 11.8. The number of aromatic nitrogens is 1.